The van der Waals surface area contributed by atoms with E-state index in [2.05, 4.69) is 17.6 Å². The maximum atomic E-state index is 9.70. The van der Waals surface area contributed by atoms with Crippen molar-refractivity contribution in [2.45, 2.75) is 11.0 Å². The van der Waals surface area contributed by atoms with E-state index in [0.717, 1.165) is 0 Å². The van der Waals surface area contributed by atoms with Crippen LogP contribution in [0.5, 0.6) is 5.75 Å². The molecule has 0 radical (unpaired) electrons. The molecule has 0 aliphatic rings. The average molecular weight is 227 g/mol. The zero-order chi connectivity index (χ0) is 11.4. The van der Waals surface area contributed by atoms with Crippen LogP contribution in [0.2, 0.25) is 0 Å². The number of thiol groups is 1. The van der Waals surface area contributed by atoms with Crippen LogP contribution in [-0.2, 0) is 0 Å². The van der Waals surface area contributed by atoms with Crippen LogP contribution < -0.4 is 11.5 Å². The fourth-order valence-electron chi connectivity index (χ4n) is 1.10. The molecule has 5 nitrogen and oxygen atoms in total. The highest BCUT2D eigenvalue weighted by molar-refractivity contribution is 7.80. The molecule has 1 rings (SSSR count). The number of aliphatic hydroxyl groups is 1. The lowest BCUT2D eigenvalue weighted by Gasteiger charge is -2.11. The van der Waals surface area contributed by atoms with Gasteiger partial charge in [-0.05, 0) is 23.8 Å². The second-order valence-corrected chi connectivity index (χ2v) is 3.51. The minimum atomic E-state index is -0.883. The Kier molecular flexibility index (Phi) is 3.81. The third-order valence-corrected chi connectivity index (χ3v) is 2.22. The molecule has 0 aromatic heterocycles. The highest BCUT2D eigenvalue weighted by Gasteiger charge is 2.11. The monoisotopic (exact) mass is 227 g/mol. The molecule has 0 saturated heterocycles. The smallest absolute Gasteiger partial charge is 0.186 e. The summed E-state index contributed by atoms with van der Waals surface area (Å²) in [6.07, 6.45) is -0.883. The van der Waals surface area contributed by atoms with E-state index in [1.165, 1.54) is 12.1 Å². The molecule has 0 spiro atoms. The molecule has 6 N–H and O–H groups in total. The van der Waals surface area contributed by atoms with Gasteiger partial charge in [-0.15, -0.1) is 12.6 Å². The Morgan fingerprint density at radius 1 is 1.47 bits per heavy atom. The van der Waals surface area contributed by atoms with Crippen molar-refractivity contribution in [1.29, 1.82) is 0 Å². The molecule has 15 heavy (non-hydrogen) atoms. The first-order valence-electron chi connectivity index (χ1n) is 4.26. The molecule has 0 heterocycles. The Morgan fingerprint density at radius 2 is 2.13 bits per heavy atom. The third kappa shape index (κ3) is 3.34. The summed E-state index contributed by atoms with van der Waals surface area (Å²) in [5.41, 5.74) is 10.8. The van der Waals surface area contributed by atoms with Gasteiger partial charge in [-0.25, -0.2) is 0 Å². The van der Waals surface area contributed by atoms with Gasteiger partial charge in [-0.2, -0.15) is 0 Å². The summed E-state index contributed by atoms with van der Waals surface area (Å²) in [6, 6.07) is 4.50. The number of nitrogens with two attached hydrogens (primary N) is 2. The van der Waals surface area contributed by atoms with E-state index < -0.39 is 6.10 Å². The van der Waals surface area contributed by atoms with Crippen LogP contribution in [0.25, 0.3) is 0 Å². The fourth-order valence-corrected chi connectivity index (χ4v) is 1.39. The van der Waals surface area contributed by atoms with E-state index in [9.17, 15) is 10.2 Å². The molecule has 0 fully saturated rings. The van der Waals surface area contributed by atoms with Crippen molar-refractivity contribution in [1.82, 2.24) is 0 Å². The van der Waals surface area contributed by atoms with E-state index in [1.54, 1.807) is 6.07 Å². The Labute approximate surface area is 92.8 Å². The predicted molar refractivity (Wildman–Crippen MR) is 61.0 cm³/mol. The number of aromatic hydroxyl groups is 1. The fraction of sp³-hybridized carbons (Fsp3) is 0.222. The van der Waals surface area contributed by atoms with Crippen molar-refractivity contribution < 1.29 is 10.2 Å². The summed E-state index contributed by atoms with van der Waals surface area (Å²) in [4.78, 5) is 4.25. The number of hydrogen-bond acceptors (Lipinski definition) is 4. The minimum absolute atomic E-state index is 0.0410. The molecule has 1 unspecified atom stereocenters. The van der Waals surface area contributed by atoms with Gasteiger partial charge in [0.05, 0.1) is 12.6 Å². The number of aliphatic imine (C=N–C) groups is 1. The van der Waals surface area contributed by atoms with Gasteiger partial charge >= 0.3 is 0 Å². The van der Waals surface area contributed by atoms with Crippen LogP contribution in [0.3, 0.4) is 0 Å². The molecule has 0 aliphatic heterocycles. The first-order valence-corrected chi connectivity index (χ1v) is 4.70. The van der Waals surface area contributed by atoms with Gasteiger partial charge in [0.2, 0.25) is 0 Å². The summed E-state index contributed by atoms with van der Waals surface area (Å²) >= 11 is 4.15. The van der Waals surface area contributed by atoms with Crippen molar-refractivity contribution in [3.63, 3.8) is 0 Å². The molecule has 1 aromatic carbocycles. The van der Waals surface area contributed by atoms with Crippen molar-refractivity contribution in [3.05, 3.63) is 23.8 Å². The van der Waals surface area contributed by atoms with Gasteiger partial charge in [0.1, 0.15) is 5.75 Å². The van der Waals surface area contributed by atoms with Crippen LogP contribution in [0.15, 0.2) is 28.1 Å². The van der Waals surface area contributed by atoms with E-state index in [4.69, 9.17) is 11.5 Å². The Balaban J connectivity index is 2.85. The molecule has 6 heteroatoms. The second kappa shape index (κ2) is 4.90. The quantitative estimate of drug-likeness (QED) is 0.284. The van der Waals surface area contributed by atoms with Crippen LogP contribution in [0, 0.1) is 0 Å². The number of hydrogen-bond donors (Lipinski definition) is 5. The molecule has 0 bridgehead atoms. The van der Waals surface area contributed by atoms with Crippen LogP contribution in [0.4, 0.5) is 0 Å². The van der Waals surface area contributed by atoms with E-state index >= 15 is 0 Å². The second-order valence-electron chi connectivity index (χ2n) is 3.02. The minimum Gasteiger partial charge on any atom is -0.508 e. The number of guanidine groups is 1. The molecule has 1 aromatic rings. The number of benzene rings is 1. The highest BCUT2D eigenvalue weighted by atomic mass is 32.1. The largest absolute Gasteiger partial charge is 0.508 e. The Bertz CT molecular complexity index is 378. The lowest BCUT2D eigenvalue weighted by Crippen LogP contribution is -2.23. The van der Waals surface area contributed by atoms with Crippen LogP contribution in [0.1, 0.15) is 11.7 Å². The summed E-state index contributed by atoms with van der Waals surface area (Å²) in [7, 11) is 0. The van der Waals surface area contributed by atoms with E-state index in [-0.39, 0.29) is 18.3 Å². The topological polar surface area (TPSA) is 105 Å². The Hall–Kier alpha value is -1.40. The van der Waals surface area contributed by atoms with Gasteiger partial charge in [0, 0.05) is 4.90 Å². The van der Waals surface area contributed by atoms with Crippen molar-refractivity contribution >= 4 is 18.6 Å². The molecule has 0 aliphatic carbocycles. The molecule has 0 saturated carbocycles. The number of phenols is 1. The SMILES string of the molecule is NC(N)=NCC(O)c1cc(O)ccc1S. The summed E-state index contributed by atoms with van der Waals surface area (Å²) in [5, 5.41) is 18.9. The highest BCUT2D eigenvalue weighted by Crippen LogP contribution is 2.25. The maximum absolute atomic E-state index is 9.70. The molecule has 82 valence electrons. The molecule has 1 atom stereocenters. The van der Waals surface area contributed by atoms with Crippen LogP contribution >= 0.6 is 12.6 Å². The number of aliphatic hydroxyl groups excluding tert-OH is 1. The number of phenolic OH excluding ortho intramolecular Hbond substituents is 1. The number of rotatable bonds is 3. The van der Waals surface area contributed by atoms with E-state index in [0.29, 0.717) is 10.5 Å². The summed E-state index contributed by atoms with van der Waals surface area (Å²) in [5.74, 6) is -0.0264. The lowest BCUT2D eigenvalue weighted by molar-refractivity contribution is 0.184. The third-order valence-electron chi connectivity index (χ3n) is 1.82. The van der Waals surface area contributed by atoms with Crippen molar-refractivity contribution in [2.75, 3.05) is 6.54 Å². The molecular formula is C9H13N3O2S. The normalized spacial score (nSPS) is 12.1. The first kappa shape index (κ1) is 11.7. The first-order chi connectivity index (χ1) is 7.00. The summed E-state index contributed by atoms with van der Waals surface area (Å²) < 4.78 is 0. The lowest BCUT2D eigenvalue weighted by atomic mass is 10.1. The van der Waals surface area contributed by atoms with Gasteiger partial charge in [0.25, 0.3) is 0 Å². The van der Waals surface area contributed by atoms with Gasteiger partial charge in [0.15, 0.2) is 5.96 Å². The van der Waals surface area contributed by atoms with Gasteiger partial charge in [-0.3, -0.25) is 4.99 Å². The van der Waals surface area contributed by atoms with Crippen molar-refractivity contribution in [2.24, 2.45) is 16.5 Å². The zero-order valence-corrected chi connectivity index (χ0v) is 8.85. The van der Waals surface area contributed by atoms with E-state index in [1.807, 2.05) is 0 Å². The van der Waals surface area contributed by atoms with Gasteiger partial charge in [-0.1, -0.05) is 0 Å². The van der Waals surface area contributed by atoms with Gasteiger partial charge < -0.3 is 21.7 Å². The standard InChI is InChI=1S/C9H13N3O2S/c10-9(11)12-4-7(14)6-3-5(13)1-2-8(6)15/h1-3,7,13-15H,4H2,(H4,10,11,12). The number of nitrogens with zero attached hydrogens (tertiary/aromatic N) is 1. The zero-order valence-electron chi connectivity index (χ0n) is 7.96. The molecule has 0 amide bonds. The van der Waals surface area contributed by atoms with Crippen LogP contribution in [-0.4, -0.2) is 22.7 Å². The summed E-state index contributed by atoms with van der Waals surface area (Å²) in [6.45, 7) is 0.0410. The predicted octanol–water partition coefficient (Wildman–Crippen LogP) is -0.0123. The average Bonchev–Trinajstić information content (AvgIpc) is 2.18. The van der Waals surface area contributed by atoms with Crippen molar-refractivity contribution in [3.8, 4) is 5.75 Å². The maximum Gasteiger partial charge on any atom is 0.186 e. The Morgan fingerprint density at radius 3 is 2.73 bits per heavy atom. The molecular weight excluding hydrogens is 214 g/mol.